The molecule has 0 aliphatic heterocycles. The zero-order valence-electron chi connectivity index (χ0n) is 10.8. The van der Waals surface area contributed by atoms with Crippen molar-refractivity contribution in [2.45, 2.75) is 13.3 Å². The maximum atomic E-state index is 12.0. The highest BCUT2D eigenvalue weighted by atomic mass is 16.2. The molecule has 4 amide bonds. The molecule has 6 heteroatoms. The lowest BCUT2D eigenvalue weighted by Gasteiger charge is -2.21. The number of carbonyl (C=O) groups is 3. The topological polar surface area (TPSA) is 78.5 Å². The lowest BCUT2D eigenvalue weighted by molar-refractivity contribution is -0.107. The number of rotatable bonds is 5. The maximum absolute atomic E-state index is 12.0. The fourth-order valence-corrected chi connectivity index (χ4v) is 1.42. The predicted molar refractivity (Wildman–Crippen MR) is 72.1 cm³/mol. The summed E-state index contributed by atoms with van der Waals surface area (Å²) in [5.74, 6) is 0. The zero-order valence-corrected chi connectivity index (χ0v) is 10.8. The Labute approximate surface area is 111 Å². The highest BCUT2D eigenvalue weighted by Gasteiger charge is 2.22. The molecule has 1 aromatic rings. The van der Waals surface area contributed by atoms with Gasteiger partial charge in [-0.1, -0.05) is 25.1 Å². The summed E-state index contributed by atoms with van der Waals surface area (Å²) in [4.78, 5) is 35.1. The highest BCUT2D eigenvalue weighted by molar-refractivity contribution is 6.13. The van der Waals surface area contributed by atoms with E-state index in [1.807, 2.05) is 6.92 Å². The monoisotopic (exact) mass is 263 g/mol. The van der Waals surface area contributed by atoms with Crippen molar-refractivity contribution in [2.75, 3.05) is 18.0 Å². The van der Waals surface area contributed by atoms with Gasteiger partial charge in [-0.2, -0.15) is 0 Å². The van der Waals surface area contributed by atoms with Gasteiger partial charge in [0.05, 0.1) is 12.2 Å². The summed E-state index contributed by atoms with van der Waals surface area (Å²) in [5.41, 5.74) is 0.444. The maximum Gasteiger partial charge on any atom is 0.330 e. The Kier molecular flexibility index (Phi) is 6.08. The molecule has 0 radical (unpaired) electrons. The predicted octanol–water partition coefficient (Wildman–Crippen LogP) is 1.52. The van der Waals surface area contributed by atoms with E-state index in [0.717, 1.165) is 11.3 Å². The molecule has 0 bridgehead atoms. The molecule has 0 saturated carbocycles. The van der Waals surface area contributed by atoms with E-state index in [-0.39, 0.29) is 6.54 Å². The molecule has 1 aromatic carbocycles. The molecular formula is C13H17N3O3. The number of carbonyl (C=O) groups excluding carboxylic acids is 3. The van der Waals surface area contributed by atoms with Gasteiger partial charge in [0.2, 0.25) is 0 Å². The summed E-state index contributed by atoms with van der Waals surface area (Å²) < 4.78 is 0. The van der Waals surface area contributed by atoms with Gasteiger partial charge in [-0.25, -0.2) is 14.5 Å². The van der Waals surface area contributed by atoms with E-state index in [9.17, 15) is 14.4 Å². The van der Waals surface area contributed by atoms with E-state index in [1.165, 1.54) is 0 Å². The first-order valence-corrected chi connectivity index (χ1v) is 6.05. The van der Waals surface area contributed by atoms with Gasteiger partial charge in [0.25, 0.3) is 0 Å². The number of para-hydroxylation sites is 1. The van der Waals surface area contributed by atoms with Crippen LogP contribution < -0.4 is 15.5 Å². The third kappa shape index (κ3) is 4.42. The van der Waals surface area contributed by atoms with Crippen LogP contribution in [0.25, 0.3) is 0 Å². The van der Waals surface area contributed by atoms with Crippen LogP contribution in [0.5, 0.6) is 0 Å². The number of urea groups is 2. The van der Waals surface area contributed by atoms with Crippen LogP contribution in [0.3, 0.4) is 0 Å². The Morgan fingerprint density at radius 3 is 2.37 bits per heavy atom. The normalized spacial score (nSPS) is 9.53. The Morgan fingerprint density at radius 1 is 1.16 bits per heavy atom. The number of nitrogens with zero attached hydrogens (tertiary/aromatic N) is 1. The highest BCUT2D eigenvalue weighted by Crippen LogP contribution is 2.13. The summed E-state index contributed by atoms with van der Waals surface area (Å²) in [6.07, 6.45) is 1.33. The Morgan fingerprint density at radius 2 is 1.79 bits per heavy atom. The van der Waals surface area contributed by atoms with E-state index in [0.29, 0.717) is 18.5 Å². The summed E-state index contributed by atoms with van der Waals surface area (Å²) in [6.45, 7) is 2.26. The number of hydrogen-bond acceptors (Lipinski definition) is 3. The van der Waals surface area contributed by atoms with Crippen molar-refractivity contribution in [3.05, 3.63) is 30.3 Å². The summed E-state index contributed by atoms with van der Waals surface area (Å²) in [6, 6.07) is 7.38. The molecule has 0 heterocycles. The van der Waals surface area contributed by atoms with E-state index < -0.39 is 12.1 Å². The first-order valence-electron chi connectivity index (χ1n) is 6.05. The zero-order chi connectivity index (χ0) is 14.1. The quantitative estimate of drug-likeness (QED) is 0.790. The Bertz CT molecular complexity index is 434. The van der Waals surface area contributed by atoms with Crippen LogP contribution in [-0.2, 0) is 4.79 Å². The number of imide groups is 1. The van der Waals surface area contributed by atoms with Crippen LogP contribution >= 0.6 is 0 Å². The molecule has 102 valence electrons. The minimum Gasteiger partial charge on any atom is -0.337 e. The molecule has 0 aliphatic rings. The molecule has 0 spiro atoms. The van der Waals surface area contributed by atoms with Crippen LogP contribution in [0.4, 0.5) is 15.3 Å². The van der Waals surface area contributed by atoms with Crippen molar-refractivity contribution in [3.63, 3.8) is 0 Å². The average Bonchev–Trinajstić information content (AvgIpc) is 2.44. The van der Waals surface area contributed by atoms with Crippen molar-refractivity contribution in [1.82, 2.24) is 10.6 Å². The van der Waals surface area contributed by atoms with Crippen LogP contribution in [0.2, 0.25) is 0 Å². The van der Waals surface area contributed by atoms with Crippen LogP contribution in [0.15, 0.2) is 30.3 Å². The molecule has 0 unspecified atom stereocenters. The number of anilines is 1. The van der Waals surface area contributed by atoms with Crippen molar-refractivity contribution < 1.29 is 14.4 Å². The smallest absolute Gasteiger partial charge is 0.330 e. The number of aldehydes is 1. The molecule has 19 heavy (non-hydrogen) atoms. The molecular weight excluding hydrogens is 246 g/mol. The Balaban J connectivity index is 2.87. The van der Waals surface area contributed by atoms with Crippen molar-refractivity contribution in [1.29, 1.82) is 0 Å². The summed E-state index contributed by atoms with van der Waals surface area (Å²) in [7, 11) is 0. The third-order valence-electron chi connectivity index (χ3n) is 2.28. The molecule has 0 aromatic heterocycles. The van der Waals surface area contributed by atoms with Gasteiger partial charge in [-0.3, -0.25) is 0 Å². The van der Waals surface area contributed by atoms with Crippen LogP contribution in [-0.4, -0.2) is 31.4 Å². The largest absolute Gasteiger partial charge is 0.337 e. The van der Waals surface area contributed by atoms with Gasteiger partial charge in [0, 0.05) is 6.54 Å². The van der Waals surface area contributed by atoms with E-state index in [1.54, 1.807) is 30.3 Å². The van der Waals surface area contributed by atoms with Gasteiger partial charge in [-0.15, -0.1) is 0 Å². The summed E-state index contributed by atoms with van der Waals surface area (Å²) >= 11 is 0. The van der Waals surface area contributed by atoms with Gasteiger partial charge < -0.3 is 15.4 Å². The van der Waals surface area contributed by atoms with Crippen molar-refractivity contribution >= 4 is 24.0 Å². The van der Waals surface area contributed by atoms with Crippen molar-refractivity contribution in [3.8, 4) is 0 Å². The van der Waals surface area contributed by atoms with Crippen molar-refractivity contribution in [2.24, 2.45) is 0 Å². The lowest BCUT2D eigenvalue weighted by atomic mass is 10.3. The lowest BCUT2D eigenvalue weighted by Crippen LogP contribution is -2.49. The van der Waals surface area contributed by atoms with Gasteiger partial charge in [-0.05, 0) is 18.6 Å². The van der Waals surface area contributed by atoms with E-state index in [2.05, 4.69) is 10.6 Å². The molecule has 1 rings (SSSR count). The second-order valence-corrected chi connectivity index (χ2v) is 3.76. The number of benzene rings is 1. The average molecular weight is 263 g/mol. The second kappa shape index (κ2) is 7.86. The fourth-order valence-electron chi connectivity index (χ4n) is 1.42. The molecule has 0 fully saturated rings. The third-order valence-corrected chi connectivity index (χ3v) is 2.28. The standard InChI is InChI=1S/C13H17N3O3/c1-2-8-14-12(18)16(13(19)15-9-10-17)11-6-4-3-5-7-11/h3-7,10H,2,8-9H2,1H3,(H,14,18)(H,15,19). The molecule has 0 saturated heterocycles. The first-order chi connectivity index (χ1) is 9.20. The Hall–Kier alpha value is -2.37. The van der Waals surface area contributed by atoms with Crippen LogP contribution in [0.1, 0.15) is 13.3 Å². The molecule has 0 atom stereocenters. The van der Waals surface area contributed by atoms with Gasteiger partial charge in [0.15, 0.2) is 0 Å². The van der Waals surface area contributed by atoms with Gasteiger partial charge >= 0.3 is 12.1 Å². The minimum atomic E-state index is -0.632. The van der Waals surface area contributed by atoms with Gasteiger partial charge in [0.1, 0.15) is 6.29 Å². The number of nitrogens with one attached hydrogen (secondary N) is 2. The molecule has 2 N–H and O–H groups in total. The SMILES string of the molecule is CCCNC(=O)N(C(=O)NCC=O)c1ccccc1. The van der Waals surface area contributed by atoms with E-state index >= 15 is 0 Å². The number of hydrogen-bond donors (Lipinski definition) is 2. The van der Waals surface area contributed by atoms with E-state index in [4.69, 9.17) is 0 Å². The fraction of sp³-hybridized carbons (Fsp3) is 0.308. The molecule has 6 nitrogen and oxygen atoms in total. The first kappa shape index (κ1) is 14.7. The second-order valence-electron chi connectivity index (χ2n) is 3.76. The summed E-state index contributed by atoms with van der Waals surface area (Å²) in [5, 5.41) is 4.97. The number of amides is 4. The van der Waals surface area contributed by atoms with Crippen LogP contribution in [0, 0.1) is 0 Å². The minimum absolute atomic E-state index is 0.136. The molecule has 0 aliphatic carbocycles.